The number of carbonyl (C=O) groups excluding carboxylic acids is 3. The van der Waals surface area contributed by atoms with Crippen LogP contribution in [0.4, 0.5) is 5.69 Å². The van der Waals surface area contributed by atoms with E-state index in [4.69, 9.17) is 25.4 Å². The zero-order valence-electron chi connectivity index (χ0n) is 30.8. The van der Waals surface area contributed by atoms with Crippen molar-refractivity contribution in [2.75, 3.05) is 25.1 Å². The molecule has 6 aromatic rings. The second-order valence-electron chi connectivity index (χ2n) is 12.9. The van der Waals surface area contributed by atoms with Crippen LogP contribution in [0.15, 0.2) is 140 Å². The number of rotatable bonds is 17. The van der Waals surface area contributed by atoms with Crippen molar-refractivity contribution in [2.45, 2.75) is 25.5 Å². The molecule has 0 bridgehead atoms. The summed E-state index contributed by atoms with van der Waals surface area (Å²) in [7, 11) is 0. The molecule has 0 aromatic heterocycles. The van der Waals surface area contributed by atoms with E-state index >= 15 is 0 Å². The van der Waals surface area contributed by atoms with Crippen molar-refractivity contribution in [3.63, 3.8) is 0 Å². The fraction of sp³-hybridized carbons (Fsp3) is 0.156. The highest BCUT2D eigenvalue weighted by Gasteiger charge is 2.23. The standard InChI is InChI=1S/C45H43N5O6/c1-2-26-54-38-23-21-31-14-6-8-18-35(31)41(38)42-36-19-9-7-15-32(36)22-24-39(42)55-29-40(51)50-37(20-11-25-48-45(46)47)43(52)49-34-17-10-16-33(27-34)44(53)56-28-30-12-4-3-5-13-30/h2-10,12-19,21-24,27,37H,1,11,20,25-26,28-29H2,(H,49,52)(H,50,51)(H4,46,47,48)/t37-/m1/s1. The van der Waals surface area contributed by atoms with Crippen LogP contribution in [-0.4, -0.2) is 49.5 Å². The van der Waals surface area contributed by atoms with E-state index in [9.17, 15) is 14.4 Å². The molecule has 56 heavy (non-hydrogen) atoms. The first-order chi connectivity index (χ1) is 27.3. The minimum Gasteiger partial charge on any atom is -0.489 e. The number of ether oxygens (including phenoxy) is 3. The quantitative estimate of drug-likeness (QED) is 0.0212. The third kappa shape index (κ3) is 9.88. The summed E-state index contributed by atoms with van der Waals surface area (Å²) < 4.78 is 17.9. The Labute approximate surface area is 325 Å². The topological polar surface area (TPSA) is 165 Å². The van der Waals surface area contributed by atoms with Crippen LogP contribution in [0.3, 0.4) is 0 Å². The Kier molecular flexibility index (Phi) is 12.9. The van der Waals surface area contributed by atoms with Gasteiger partial charge >= 0.3 is 5.97 Å². The summed E-state index contributed by atoms with van der Waals surface area (Å²) in [5, 5.41) is 19.7. The van der Waals surface area contributed by atoms with Gasteiger partial charge in [-0.1, -0.05) is 110 Å². The number of amides is 2. The third-order valence-corrected chi connectivity index (χ3v) is 8.96. The van der Waals surface area contributed by atoms with Gasteiger partial charge in [-0.2, -0.15) is 0 Å². The van der Waals surface area contributed by atoms with Gasteiger partial charge in [-0.15, -0.1) is 0 Å². The van der Waals surface area contributed by atoms with Gasteiger partial charge in [-0.25, -0.2) is 4.79 Å². The Bertz CT molecular complexity index is 2360. The van der Waals surface area contributed by atoms with E-state index in [1.54, 1.807) is 24.3 Å². The molecule has 0 radical (unpaired) electrons. The molecule has 1 atom stereocenters. The fourth-order valence-corrected chi connectivity index (χ4v) is 6.35. The second-order valence-corrected chi connectivity index (χ2v) is 12.9. The maximum atomic E-state index is 13.7. The highest BCUT2D eigenvalue weighted by molar-refractivity contribution is 6.10. The summed E-state index contributed by atoms with van der Waals surface area (Å²) in [5.74, 6) is -0.668. The lowest BCUT2D eigenvalue weighted by Gasteiger charge is -2.21. The van der Waals surface area contributed by atoms with Crippen molar-refractivity contribution in [1.29, 1.82) is 5.41 Å². The van der Waals surface area contributed by atoms with E-state index in [0.717, 1.165) is 38.2 Å². The summed E-state index contributed by atoms with van der Waals surface area (Å²) in [5.41, 5.74) is 8.49. The van der Waals surface area contributed by atoms with E-state index in [1.807, 2.05) is 103 Å². The minimum absolute atomic E-state index is 0.105. The van der Waals surface area contributed by atoms with E-state index in [2.05, 4.69) is 22.5 Å². The van der Waals surface area contributed by atoms with Crippen molar-refractivity contribution < 1.29 is 28.6 Å². The monoisotopic (exact) mass is 749 g/mol. The molecular weight excluding hydrogens is 707 g/mol. The molecule has 6 rings (SSSR count). The van der Waals surface area contributed by atoms with Gasteiger partial charge in [-0.3, -0.25) is 15.0 Å². The largest absolute Gasteiger partial charge is 0.489 e. The van der Waals surface area contributed by atoms with Crippen molar-refractivity contribution in [3.8, 4) is 22.6 Å². The predicted molar refractivity (Wildman–Crippen MR) is 220 cm³/mol. The lowest BCUT2D eigenvalue weighted by atomic mass is 9.92. The van der Waals surface area contributed by atoms with Crippen LogP contribution < -0.4 is 31.2 Å². The van der Waals surface area contributed by atoms with Crippen LogP contribution in [0.5, 0.6) is 11.5 Å². The van der Waals surface area contributed by atoms with Crippen LogP contribution in [0.25, 0.3) is 32.7 Å². The van der Waals surface area contributed by atoms with Crippen LogP contribution in [-0.2, 0) is 20.9 Å². The lowest BCUT2D eigenvalue weighted by Crippen LogP contribution is -2.46. The Morgan fingerprint density at radius 2 is 1.41 bits per heavy atom. The average Bonchev–Trinajstić information content (AvgIpc) is 3.22. The lowest BCUT2D eigenvalue weighted by molar-refractivity contribution is -0.128. The molecule has 0 saturated carbocycles. The van der Waals surface area contributed by atoms with Crippen molar-refractivity contribution in [3.05, 3.63) is 151 Å². The summed E-state index contributed by atoms with van der Waals surface area (Å²) in [4.78, 5) is 40.1. The van der Waals surface area contributed by atoms with Crippen LogP contribution in [0, 0.1) is 5.41 Å². The Morgan fingerprint density at radius 3 is 2.07 bits per heavy atom. The average molecular weight is 750 g/mol. The summed E-state index contributed by atoms with van der Waals surface area (Å²) >= 11 is 0. The Morgan fingerprint density at radius 1 is 0.768 bits per heavy atom. The van der Waals surface area contributed by atoms with Crippen LogP contribution >= 0.6 is 0 Å². The molecule has 11 nitrogen and oxygen atoms in total. The number of carbonyl (C=O) groups is 3. The highest BCUT2D eigenvalue weighted by atomic mass is 16.5. The van der Waals surface area contributed by atoms with Gasteiger partial charge in [0.15, 0.2) is 12.6 Å². The maximum Gasteiger partial charge on any atom is 0.338 e. The first-order valence-electron chi connectivity index (χ1n) is 18.2. The van der Waals surface area contributed by atoms with Crippen molar-refractivity contribution in [2.24, 2.45) is 5.73 Å². The number of hydrogen-bond donors (Lipinski definition) is 5. The SMILES string of the molecule is C=CCOc1ccc2ccccc2c1-c1c(OCC(=O)N[C@H](CCCNC(=N)N)C(=O)Nc2cccc(C(=O)OCc3ccccc3)c2)ccc2ccccc12. The molecular formula is C45H43N5O6. The van der Waals surface area contributed by atoms with E-state index in [-0.39, 0.29) is 24.6 Å². The minimum atomic E-state index is -0.985. The van der Waals surface area contributed by atoms with Crippen LogP contribution in [0.1, 0.15) is 28.8 Å². The fourth-order valence-electron chi connectivity index (χ4n) is 6.35. The van der Waals surface area contributed by atoms with Crippen LogP contribution in [0.2, 0.25) is 0 Å². The Hall–Kier alpha value is -7.14. The van der Waals surface area contributed by atoms with Gasteiger partial charge in [-0.05, 0) is 70.3 Å². The molecule has 0 heterocycles. The normalized spacial score (nSPS) is 11.3. The first-order valence-corrected chi connectivity index (χ1v) is 18.2. The summed E-state index contributed by atoms with van der Waals surface area (Å²) in [6, 6.07) is 38.4. The molecule has 11 heteroatoms. The zero-order valence-corrected chi connectivity index (χ0v) is 30.8. The van der Waals surface area contributed by atoms with Gasteiger partial charge in [0.2, 0.25) is 5.91 Å². The number of guanidine groups is 1. The predicted octanol–water partition coefficient (Wildman–Crippen LogP) is 7.35. The molecule has 0 spiro atoms. The molecule has 6 N–H and O–H groups in total. The maximum absolute atomic E-state index is 13.7. The summed E-state index contributed by atoms with van der Waals surface area (Å²) in [6.07, 6.45) is 2.32. The third-order valence-electron chi connectivity index (χ3n) is 8.96. The van der Waals surface area contributed by atoms with Gasteiger partial charge in [0.1, 0.15) is 30.8 Å². The van der Waals surface area contributed by atoms with Gasteiger partial charge in [0.05, 0.1) is 5.56 Å². The number of anilines is 1. The molecule has 0 unspecified atom stereocenters. The van der Waals surface area contributed by atoms with Crippen molar-refractivity contribution >= 4 is 51.0 Å². The molecule has 0 aliphatic rings. The number of nitrogens with one attached hydrogen (secondary N) is 4. The van der Waals surface area contributed by atoms with E-state index in [1.165, 1.54) is 6.07 Å². The smallest absolute Gasteiger partial charge is 0.338 e. The van der Waals surface area contributed by atoms with Gasteiger partial charge < -0.3 is 35.9 Å². The molecule has 2 amide bonds. The molecule has 0 aliphatic carbocycles. The Balaban J connectivity index is 1.21. The number of esters is 1. The van der Waals surface area contributed by atoms with Gasteiger partial charge in [0, 0.05) is 23.4 Å². The van der Waals surface area contributed by atoms with Crippen molar-refractivity contribution in [1.82, 2.24) is 10.6 Å². The molecule has 0 fully saturated rings. The molecule has 0 aliphatic heterocycles. The highest BCUT2D eigenvalue weighted by Crippen LogP contribution is 2.45. The number of fused-ring (bicyclic) bond motifs is 2. The molecule has 284 valence electrons. The first kappa shape index (κ1) is 38.6. The van der Waals surface area contributed by atoms with E-state index in [0.29, 0.717) is 36.8 Å². The molecule has 0 saturated heterocycles. The number of nitrogens with two attached hydrogens (primary N) is 1. The van der Waals surface area contributed by atoms with Gasteiger partial charge in [0.25, 0.3) is 5.91 Å². The zero-order chi connectivity index (χ0) is 39.3. The number of benzene rings is 6. The van der Waals surface area contributed by atoms with E-state index < -0.39 is 30.4 Å². The number of hydrogen-bond acceptors (Lipinski definition) is 7. The molecule has 6 aromatic carbocycles. The summed E-state index contributed by atoms with van der Waals surface area (Å²) in [6.45, 7) is 4.14. The second kappa shape index (κ2) is 18.8.